The average Bonchev–Trinajstić information content (AvgIpc) is 2.80. The lowest BCUT2D eigenvalue weighted by Crippen LogP contribution is -2.36. The quantitative estimate of drug-likeness (QED) is 0.870. The predicted molar refractivity (Wildman–Crippen MR) is 83.7 cm³/mol. The molecule has 0 bridgehead atoms. The van der Waals surface area contributed by atoms with Gasteiger partial charge in [-0.25, -0.2) is 0 Å². The van der Waals surface area contributed by atoms with Gasteiger partial charge in [-0.15, -0.1) is 0 Å². The predicted octanol–water partition coefficient (Wildman–Crippen LogP) is 2.68. The van der Waals surface area contributed by atoms with Crippen molar-refractivity contribution in [2.24, 2.45) is 5.92 Å². The molecule has 6 heteroatoms. The van der Waals surface area contributed by atoms with Gasteiger partial charge in [0, 0.05) is 31.5 Å². The van der Waals surface area contributed by atoms with Gasteiger partial charge in [0.25, 0.3) is 5.91 Å². The van der Waals surface area contributed by atoms with E-state index in [0.717, 1.165) is 6.42 Å². The molecule has 1 amide bonds. The third kappa shape index (κ3) is 3.81. The molecule has 0 radical (unpaired) electrons. The number of carboxylic acid groups (broad SMARTS) is 1. The van der Waals surface area contributed by atoms with Crippen LogP contribution in [-0.4, -0.2) is 40.8 Å². The van der Waals surface area contributed by atoms with Gasteiger partial charge in [-0.1, -0.05) is 13.8 Å². The summed E-state index contributed by atoms with van der Waals surface area (Å²) in [6, 6.07) is 0. The summed E-state index contributed by atoms with van der Waals surface area (Å²) in [4.78, 5) is 37.1. The topological polar surface area (TPSA) is 87.8 Å². The Kier molecular flexibility index (Phi) is 5.23. The Morgan fingerprint density at radius 2 is 2.00 bits per heavy atom. The lowest BCUT2D eigenvalue weighted by molar-refractivity contribution is -0.137. The fraction of sp³-hybridized carbons (Fsp3) is 0.588. The highest BCUT2D eigenvalue weighted by atomic mass is 16.4. The number of furan rings is 1. The molecule has 1 heterocycles. The van der Waals surface area contributed by atoms with Gasteiger partial charge < -0.3 is 14.4 Å². The van der Waals surface area contributed by atoms with Gasteiger partial charge in [-0.3, -0.25) is 14.4 Å². The van der Waals surface area contributed by atoms with E-state index in [1.54, 1.807) is 6.92 Å². The molecule has 6 nitrogen and oxygen atoms in total. The highest BCUT2D eigenvalue weighted by Crippen LogP contribution is 2.30. The fourth-order valence-corrected chi connectivity index (χ4v) is 2.94. The van der Waals surface area contributed by atoms with Crippen molar-refractivity contribution in [2.75, 3.05) is 13.1 Å². The van der Waals surface area contributed by atoms with Crippen molar-refractivity contribution in [3.05, 3.63) is 22.6 Å². The van der Waals surface area contributed by atoms with E-state index in [-0.39, 0.29) is 36.3 Å². The van der Waals surface area contributed by atoms with Gasteiger partial charge in [0.1, 0.15) is 5.76 Å². The van der Waals surface area contributed by atoms with Crippen molar-refractivity contribution in [3.8, 4) is 0 Å². The molecule has 0 saturated heterocycles. The molecule has 0 saturated carbocycles. The summed E-state index contributed by atoms with van der Waals surface area (Å²) >= 11 is 0. The standard InChI is InChI=1S/C17H23NO5/c1-10(2)9-18(8-7-14(20)21)17(22)16-11(3)15-12(19)5-4-6-13(15)23-16/h10H,4-9H2,1-3H3,(H,20,21). The second kappa shape index (κ2) is 6.98. The van der Waals surface area contributed by atoms with Crippen LogP contribution in [0.3, 0.4) is 0 Å². The maximum absolute atomic E-state index is 12.8. The maximum atomic E-state index is 12.8. The van der Waals surface area contributed by atoms with E-state index in [4.69, 9.17) is 9.52 Å². The third-order valence-corrected chi connectivity index (χ3v) is 3.97. The largest absolute Gasteiger partial charge is 0.481 e. The van der Waals surface area contributed by atoms with Gasteiger partial charge in [-0.2, -0.15) is 0 Å². The monoisotopic (exact) mass is 321 g/mol. The fourth-order valence-electron chi connectivity index (χ4n) is 2.94. The Hall–Kier alpha value is -2.11. The van der Waals surface area contributed by atoms with Crippen molar-refractivity contribution in [3.63, 3.8) is 0 Å². The number of carboxylic acids is 1. The van der Waals surface area contributed by atoms with Crippen molar-refractivity contribution < 1.29 is 23.9 Å². The first-order valence-electron chi connectivity index (χ1n) is 7.97. The van der Waals surface area contributed by atoms with Gasteiger partial charge in [0.05, 0.1) is 12.0 Å². The number of Topliss-reactive ketones (excluding diaryl/α,β-unsaturated/α-hetero) is 1. The molecule has 0 fully saturated rings. The zero-order valence-corrected chi connectivity index (χ0v) is 13.8. The summed E-state index contributed by atoms with van der Waals surface area (Å²) in [5.41, 5.74) is 1.13. The van der Waals surface area contributed by atoms with Crippen molar-refractivity contribution in [1.82, 2.24) is 4.90 Å². The van der Waals surface area contributed by atoms with Crippen molar-refractivity contribution in [2.45, 2.75) is 46.5 Å². The van der Waals surface area contributed by atoms with Crippen LogP contribution in [0.4, 0.5) is 0 Å². The molecule has 126 valence electrons. The number of ketones is 1. The molecule has 0 aromatic carbocycles. The number of aliphatic carboxylic acids is 1. The highest BCUT2D eigenvalue weighted by Gasteiger charge is 2.31. The molecule has 0 unspecified atom stereocenters. The normalized spacial score (nSPS) is 14.0. The zero-order chi connectivity index (χ0) is 17.1. The Labute approximate surface area is 135 Å². The summed E-state index contributed by atoms with van der Waals surface area (Å²) in [5, 5.41) is 8.86. The minimum absolute atomic E-state index is 0.0208. The van der Waals surface area contributed by atoms with E-state index in [0.29, 0.717) is 36.3 Å². The smallest absolute Gasteiger partial charge is 0.305 e. The molecule has 23 heavy (non-hydrogen) atoms. The van der Waals surface area contributed by atoms with E-state index in [1.807, 2.05) is 13.8 Å². The van der Waals surface area contributed by atoms with E-state index < -0.39 is 5.97 Å². The molecule has 1 aromatic heterocycles. The molecule has 0 spiro atoms. The summed E-state index contributed by atoms with van der Waals surface area (Å²) in [6.45, 7) is 6.23. The van der Waals surface area contributed by atoms with Crippen LogP contribution in [0.25, 0.3) is 0 Å². The number of aryl methyl sites for hydroxylation is 1. The van der Waals surface area contributed by atoms with Gasteiger partial charge in [0.2, 0.25) is 0 Å². The van der Waals surface area contributed by atoms with E-state index in [1.165, 1.54) is 4.90 Å². The van der Waals surface area contributed by atoms with Gasteiger partial charge >= 0.3 is 5.97 Å². The van der Waals surface area contributed by atoms with Crippen molar-refractivity contribution >= 4 is 17.7 Å². The van der Waals surface area contributed by atoms with Gasteiger partial charge in [0.15, 0.2) is 11.5 Å². The number of hydrogen-bond donors (Lipinski definition) is 1. The Balaban J connectivity index is 2.29. The molecule has 1 aliphatic rings. The second-order valence-electron chi connectivity index (χ2n) is 6.42. The summed E-state index contributed by atoms with van der Waals surface area (Å²) in [6.07, 6.45) is 1.77. The third-order valence-electron chi connectivity index (χ3n) is 3.97. The maximum Gasteiger partial charge on any atom is 0.305 e. The molecule has 2 rings (SSSR count). The van der Waals surface area contributed by atoms with Crippen LogP contribution in [0.2, 0.25) is 0 Å². The van der Waals surface area contributed by atoms with Crippen LogP contribution in [0.15, 0.2) is 4.42 Å². The second-order valence-corrected chi connectivity index (χ2v) is 6.42. The van der Waals surface area contributed by atoms with E-state index in [2.05, 4.69) is 0 Å². The van der Waals surface area contributed by atoms with Crippen LogP contribution in [0, 0.1) is 12.8 Å². The van der Waals surface area contributed by atoms with Crippen LogP contribution in [0.1, 0.15) is 65.3 Å². The Bertz CT molecular complexity index is 629. The number of nitrogens with zero attached hydrogens (tertiary/aromatic N) is 1. The minimum atomic E-state index is -0.947. The number of carbonyl (C=O) groups excluding carboxylic acids is 2. The zero-order valence-electron chi connectivity index (χ0n) is 13.8. The number of hydrogen-bond acceptors (Lipinski definition) is 4. The Morgan fingerprint density at radius 1 is 1.30 bits per heavy atom. The molecule has 0 aliphatic heterocycles. The first-order chi connectivity index (χ1) is 10.8. The van der Waals surface area contributed by atoms with Crippen LogP contribution >= 0.6 is 0 Å². The summed E-state index contributed by atoms with van der Waals surface area (Å²) in [5.74, 6) is -0.287. The first kappa shape index (κ1) is 17.2. The lowest BCUT2D eigenvalue weighted by Gasteiger charge is -2.23. The van der Waals surface area contributed by atoms with Crippen LogP contribution < -0.4 is 0 Å². The SMILES string of the molecule is Cc1c(C(=O)N(CCC(=O)O)CC(C)C)oc2c1C(=O)CCC2. The number of fused-ring (bicyclic) bond motifs is 1. The Morgan fingerprint density at radius 3 is 2.57 bits per heavy atom. The lowest BCUT2D eigenvalue weighted by atomic mass is 9.94. The molecule has 1 aliphatic carbocycles. The summed E-state index contributed by atoms with van der Waals surface area (Å²) < 4.78 is 5.68. The summed E-state index contributed by atoms with van der Waals surface area (Å²) in [7, 11) is 0. The highest BCUT2D eigenvalue weighted by molar-refractivity contribution is 6.03. The van der Waals surface area contributed by atoms with Gasteiger partial charge in [-0.05, 0) is 19.3 Å². The molecule has 1 aromatic rings. The van der Waals surface area contributed by atoms with Crippen LogP contribution in [0.5, 0.6) is 0 Å². The minimum Gasteiger partial charge on any atom is -0.481 e. The number of amides is 1. The first-order valence-corrected chi connectivity index (χ1v) is 7.97. The van der Waals surface area contributed by atoms with E-state index in [9.17, 15) is 14.4 Å². The van der Waals surface area contributed by atoms with Crippen molar-refractivity contribution in [1.29, 1.82) is 0 Å². The van der Waals surface area contributed by atoms with E-state index >= 15 is 0 Å². The molecular weight excluding hydrogens is 298 g/mol. The molecule has 0 atom stereocenters. The number of rotatable bonds is 6. The molecule has 1 N–H and O–H groups in total. The molecular formula is C17H23NO5. The van der Waals surface area contributed by atoms with Crippen LogP contribution in [-0.2, 0) is 11.2 Å². The average molecular weight is 321 g/mol. The number of carbonyl (C=O) groups is 3.